The van der Waals surface area contributed by atoms with E-state index in [4.69, 9.17) is 18.0 Å². The van der Waals surface area contributed by atoms with Gasteiger partial charge in [-0.15, -0.1) is 0 Å². The van der Waals surface area contributed by atoms with Crippen molar-refractivity contribution in [1.29, 1.82) is 0 Å². The highest BCUT2D eigenvalue weighted by atomic mass is 32.1. The van der Waals surface area contributed by atoms with Gasteiger partial charge in [0, 0.05) is 11.3 Å². The van der Waals surface area contributed by atoms with Crippen molar-refractivity contribution in [3.63, 3.8) is 0 Å². The van der Waals surface area contributed by atoms with Gasteiger partial charge in [0.05, 0.1) is 19.6 Å². The van der Waals surface area contributed by atoms with Crippen molar-refractivity contribution in [2.24, 2.45) is 5.73 Å². The zero-order chi connectivity index (χ0) is 14.4. The molecule has 2 unspecified atom stereocenters. The van der Waals surface area contributed by atoms with Crippen LogP contribution < -0.4 is 11.1 Å². The Labute approximate surface area is 116 Å². The van der Waals surface area contributed by atoms with Crippen LogP contribution in [0.25, 0.3) is 0 Å². The Morgan fingerprint density at radius 1 is 1.47 bits per heavy atom. The summed E-state index contributed by atoms with van der Waals surface area (Å²) in [5.74, 6) is -0.605. The van der Waals surface area contributed by atoms with Crippen molar-refractivity contribution in [3.8, 4) is 0 Å². The molecule has 0 aromatic heterocycles. The molecule has 0 saturated heterocycles. The van der Waals surface area contributed by atoms with Crippen LogP contribution in [0.2, 0.25) is 0 Å². The molecule has 1 aromatic carbocycles. The normalized spacial score (nSPS) is 13.4. The standard InChI is InChI=1S/C12H16N2O4S/c1-18-10(16)6-9(15)11(17)7-4-2-3-5-8(7)14-12(13)19/h2-5,9,11,15,17H,6H2,1H3,(H3,13,14,19). The molecule has 0 aliphatic rings. The highest BCUT2D eigenvalue weighted by Gasteiger charge is 2.23. The number of methoxy groups -OCH3 is 1. The van der Waals surface area contributed by atoms with E-state index in [2.05, 4.69) is 10.1 Å². The van der Waals surface area contributed by atoms with Crippen molar-refractivity contribution in [2.75, 3.05) is 12.4 Å². The Morgan fingerprint density at radius 3 is 2.68 bits per heavy atom. The van der Waals surface area contributed by atoms with Crippen LogP contribution in [0.5, 0.6) is 0 Å². The van der Waals surface area contributed by atoms with E-state index in [9.17, 15) is 15.0 Å². The predicted octanol–water partition coefficient (Wildman–Crippen LogP) is 0.300. The van der Waals surface area contributed by atoms with Crippen LogP contribution >= 0.6 is 12.2 Å². The number of hydrogen-bond donors (Lipinski definition) is 4. The number of aliphatic hydroxyl groups excluding tert-OH is 2. The first kappa shape index (κ1) is 15.4. The van der Waals surface area contributed by atoms with Gasteiger partial charge in [0.2, 0.25) is 0 Å². The number of thiocarbonyl (C=S) groups is 1. The number of para-hydroxylation sites is 1. The van der Waals surface area contributed by atoms with Gasteiger partial charge in [-0.1, -0.05) is 18.2 Å². The van der Waals surface area contributed by atoms with Crippen molar-refractivity contribution in [2.45, 2.75) is 18.6 Å². The Kier molecular flexibility index (Phi) is 5.68. The average molecular weight is 284 g/mol. The quantitative estimate of drug-likeness (QED) is 0.455. The topological polar surface area (TPSA) is 105 Å². The lowest BCUT2D eigenvalue weighted by Gasteiger charge is -2.20. The number of hydrogen-bond acceptors (Lipinski definition) is 5. The van der Waals surface area contributed by atoms with E-state index in [0.29, 0.717) is 11.3 Å². The van der Waals surface area contributed by atoms with E-state index in [1.54, 1.807) is 24.3 Å². The average Bonchev–Trinajstić information content (AvgIpc) is 2.37. The molecule has 0 spiro atoms. The summed E-state index contributed by atoms with van der Waals surface area (Å²) in [6.45, 7) is 0. The number of benzene rings is 1. The minimum absolute atomic E-state index is 0.0436. The van der Waals surface area contributed by atoms with Crippen LogP contribution in [0.15, 0.2) is 24.3 Å². The van der Waals surface area contributed by atoms with Crippen LogP contribution in [0.1, 0.15) is 18.1 Å². The highest BCUT2D eigenvalue weighted by molar-refractivity contribution is 7.80. The van der Waals surface area contributed by atoms with Crippen molar-refractivity contribution < 1.29 is 19.7 Å². The van der Waals surface area contributed by atoms with Gasteiger partial charge in [0.25, 0.3) is 0 Å². The zero-order valence-electron chi connectivity index (χ0n) is 10.4. The second-order valence-electron chi connectivity index (χ2n) is 3.87. The molecule has 19 heavy (non-hydrogen) atoms. The Bertz CT molecular complexity index is 467. The number of ether oxygens (including phenoxy) is 1. The lowest BCUT2D eigenvalue weighted by atomic mass is 10.0. The summed E-state index contributed by atoms with van der Waals surface area (Å²) in [6, 6.07) is 6.67. The van der Waals surface area contributed by atoms with Crippen LogP contribution in [0, 0.1) is 0 Å². The summed E-state index contributed by atoms with van der Waals surface area (Å²) < 4.78 is 4.44. The number of aliphatic hydroxyl groups is 2. The molecular formula is C12H16N2O4S. The number of carbonyl (C=O) groups excluding carboxylic acids is 1. The van der Waals surface area contributed by atoms with Gasteiger partial charge in [-0.2, -0.15) is 0 Å². The number of esters is 1. The summed E-state index contributed by atoms with van der Waals surface area (Å²) in [7, 11) is 1.21. The predicted molar refractivity (Wildman–Crippen MR) is 74.4 cm³/mol. The molecule has 0 bridgehead atoms. The van der Waals surface area contributed by atoms with Crippen molar-refractivity contribution in [3.05, 3.63) is 29.8 Å². The molecule has 7 heteroatoms. The summed E-state index contributed by atoms with van der Waals surface area (Å²) in [6.07, 6.45) is -2.84. The third-order valence-corrected chi connectivity index (χ3v) is 2.61. The van der Waals surface area contributed by atoms with E-state index < -0.39 is 18.2 Å². The number of nitrogens with two attached hydrogens (primary N) is 1. The summed E-state index contributed by atoms with van der Waals surface area (Å²) in [5.41, 5.74) is 6.25. The molecule has 0 heterocycles. The van der Waals surface area contributed by atoms with Gasteiger partial charge in [-0.3, -0.25) is 4.79 Å². The smallest absolute Gasteiger partial charge is 0.308 e. The molecule has 2 atom stereocenters. The number of carbonyl (C=O) groups is 1. The first-order valence-corrected chi connectivity index (χ1v) is 5.95. The van der Waals surface area contributed by atoms with Crippen molar-refractivity contribution in [1.82, 2.24) is 0 Å². The molecule has 0 saturated carbocycles. The maximum absolute atomic E-state index is 11.1. The van der Waals surface area contributed by atoms with Crippen molar-refractivity contribution >= 4 is 29.0 Å². The molecule has 6 nitrogen and oxygen atoms in total. The Morgan fingerprint density at radius 2 is 2.11 bits per heavy atom. The fourth-order valence-electron chi connectivity index (χ4n) is 1.57. The first-order valence-electron chi connectivity index (χ1n) is 5.54. The van der Waals surface area contributed by atoms with E-state index in [1.165, 1.54) is 7.11 Å². The number of rotatable bonds is 5. The second-order valence-corrected chi connectivity index (χ2v) is 4.31. The minimum atomic E-state index is -1.28. The highest BCUT2D eigenvalue weighted by Crippen LogP contribution is 2.26. The molecule has 104 valence electrons. The number of nitrogens with one attached hydrogen (secondary N) is 1. The van der Waals surface area contributed by atoms with E-state index in [0.717, 1.165) is 0 Å². The molecule has 1 rings (SSSR count). The molecule has 0 radical (unpaired) electrons. The molecular weight excluding hydrogens is 268 g/mol. The maximum Gasteiger partial charge on any atom is 0.308 e. The van der Waals surface area contributed by atoms with E-state index in [1.807, 2.05) is 0 Å². The maximum atomic E-state index is 11.1. The summed E-state index contributed by atoms with van der Waals surface area (Å²) in [4.78, 5) is 11.1. The molecule has 5 N–H and O–H groups in total. The van der Waals surface area contributed by atoms with Gasteiger partial charge in [0.1, 0.15) is 6.10 Å². The fourth-order valence-corrected chi connectivity index (χ4v) is 1.68. The van der Waals surface area contributed by atoms with Gasteiger partial charge in [0.15, 0.2) is 5.11 Å². The SMILES string of the molecule is COC(=O)CC(O)C(O)c1ccccc1NC(N)=S. The third-order valence-electron chi connectivity index (χ3n) is 2.51. The molecule has 0 amide bonds. The molecule has 0 aliphatic heterocycles. The van der Waals surface area contributed by atoms with Crippen LogP contribution in [0.3, 0.4) is 0 Å². The first-order chi connectivity index (χ1) is 8.95. The molecule has 0 fully saturated rings. The summed E-state index contributed by atoms with van der Waals surface area (Å²) >= 11 is 4.73. The Hall–Kier alpha value is -1.70. The van der Waals surface area contributed by atoms with E-state index in [-0.39, 0.29) is 11.5 Å². The van der Waals surface area contributed by atoms with Crippen LogP contribution in [0.4, 0.5) is 5.69 Å². The lowest BCUT2D eigenvalue weighted by Crippen LogP contribution is -2.25. The summed E-state index contributed by atoms with van der Waals surface area (Å²) in [5, 5.41) is 22.6. The van der Waals surface area contributed by atoms with Crippen LogP contribution in [-0.2, 0) is 9.53 Å². The minimum Gasteiger partial charge on any atom is -0.469 e. The van der Waals surface area contributed by atoms with E-state index >= 15 is 0 Å². The Balaban J connectivity index is 2.89. The second kappa shape index (κ2) is 7.03. The van der Waals surface area contributed by atoms with Crippen LogP contribution in [-0.4, -0.2) is 34.5 Å². The molecule has 1 aromatic rings. The van der Waals surface area contributed by atoms with Gasteiger partial charge in [-0.25, -0.2) is 0 Å². The number of anilines is 1. The largest absolute Gasteiger partial charge is 0.469 e. The fraction of sp³-hybridized carbons (Fsp3) is 0.333. The zero-order valence-corrected chi connectivity index (χ0v) is 11.2. The lowest BCUT2D eigenvalue weighted by molar-refractivity contribution is -0.144. The van der Waals surface area contributed by atoms with Gasteiger partial charge < -0.3 is 26.0 Å². The van der Waals surface area contributed by atoms with Gasteiger partial charge in [-0.05, 0) is 18.3 Å². The third kappa shape index (κ3) is 4.47. The molecule has 0 aliphatic carbocycles. The van der Waals surface area contributed by atoms with Gasteiger partial charge >= 0.3 is 5.97 Å². The monoisotopic (exact) mass is 284 g/mol.